The zero-order chi connectivity index (χ0) is 18.5. The molecule has 28 heavy (non-hydrogen) atoms. The van der Waals surface area contributed by atoms with E-state index in [9.17, 15) is 4.79 Å². The number of nitrogens with one attached hydrogen (secondary N) is 2. The van der Waals surface area contributed by atoms with Crippen LogP contribution in [-0.2, 0) is 0 Å². The molecule has 3 aliphatic rings. The summed E-state index contributed by atoms with van der Waals surface area (Å²) in [5, 5.41) is 11.2. The van der Waals surface area contributed by atoms with Gasteiger partial charge in [0, 0.05) is 49.4 Å². The van der Waals surface area contributed by atoms with Crippen LogP contribution in [0.2, 0.25) is 0 Å². The number of hydrogen-bond donors (Lipinski definition) is 2. The molecule has 1 unspecified atom stereocenters. The summed E-state index contributed by atoms with van der Waals surface area (Å²) in [7, 11) is 0. The highest BCUT2D eigenvalue weighted by Gasteiger charge is 2.38. The second kappa shape index (κ2) is 10.3. The Kier molecular flexibility index (Phi) is 8.09. The highest BCUT2D eigenvalue weighted by atomic mass is 35.5. The quantitative estimate of drug-likeness (QED) is 0.756. The van der Waals surface area contributed by atoms with Gasteiger partial charge in [0.1, 0.15) is 5.69 Å². The molecule has 3 heterocycles. The van der Waals surface area contributed by atoms with Crippen molar-refractivity contribution in [3.63, 3.8) is 0 Å². The van der Waals surface area contributed by atoms with E-state index in [0.717, 1.165) is 39.1 Å². The molecule has 2 aliphatic heterocycles. The van der Waals surface area contributed by atoms with Gasteiger partial charge in [-0.25, -0.2) is 0 Å². The molecule has 0 aromatic carbocycles. The fourth-order valence-electron chi connectivity index (χ4n) is 4.91. The summed E-state index contributed by atoms with van der Waals surface area (Å²) in [6.07, 6.45) is 10.6. The molecular weight excluding hydrogens is 394 g/mol. The van der Waals surface area contributed by atoms with Crippen molar-refractivity contribution in [1.29, 1.82) is 0 Å². The fraction of sp³-hybridized carbons (Fsp3) is 0.800. The Morgan fingerprint density at radius 3 is 2.75 bits per heavy atom. The van der Waals surface area contributed by atoms with E-state index in [0.29, 0.717) is 11.7 Å². The fourth-order valence-corrected chi connectivity index (χ4v) is 5.81. The zero-order valence-electron chi connectivity index (χ0n) is 16.7. The minimum Gasteiger partial charge on any atom is -0.349 e. The second-order valence-electron chi connectivity index (χ2n) is 8.25. The van der Waals surface area contributed by atoms with E-state index in [4.69, 9.17) is 0 Å². The molecule has 158 valence electrons. The van der Waals surface area contributed by atoms with E-state index in [1.165, 1.54) is 50.0 Å². The number of halogens is 1. The monoisotopic (exact) mass is 427 g/mol. The molecule has 3 fully saturated rings. The van der Waals surface area contributed by atoms with Crippen LogP contribution in [0.4, 0.5) is 0 Å². The number of hydrogen-bond acceptors (Lipinski definition) is 5. The number of thioether (sulfide) groups is 1. The summed E-state index contributed by atoms with van der Waals surface area (Å²) in [6, 6.07) is 2.24. The summed E-state index contributed by atoms with van der Waals surface area (Å²) in [6.45, 7) is 5.10. The Morgan fingerprint density at radius 1 is 1.25 bits per heavy atom. The van der Waals surface area contributed by atoms with E-state index in [1.54, 1.807) is 0 Å². The standard InChI is InChI=1S/C20H33N5OS.ClH/c26-19(18-6-10-25(23-18)17-5-4-9-21-15-17)22-16-20(7-2-1-3-8-20)24-11-13-27-14-12-24;/h6,10,17,21H,1-5,7-9,11-16H2,(H,22,26);1H. The van der Waals surface area contributed by atoms with Crippen LogP contribution in [-0.4, -0.2) is 70.4 Å². The van der Waals surface area contributed by atoms with Crippen LogP contribution in [0.15, 0.2) is 12.3 Å². The predicted molar refractivity (Wildman–Crippen MR) is 118 cm³/mol. The van der Waals surface area contributed by atoms with Crippen LogP contribution in [0.25, 0.3) is 0 Å². The lowest BCUT2D eigenvalue weighted by Crippen LogP contribution is -2.58. The van der Waals surface area contributed by atoms with Gasteiger partial charge in [-0.1, -0.05) is 19.3 Å². The Morgan fingerprint density at radius 2 is 2.04 bits per heavy atom. The van der Waals surface area contributed by atoms with Crippen molar-refractivity contribution in [3.05, 3.63) is 18.0 Å². The number of carbonyl (C=O) groups is 1. The maximum Gasteiger partial charge on any atom is 0.271 e. The molecule has 1 atom stereocenters. The largest absolute Gasteiger partial charge is 0.349 e. The summed E-state index contributed by atoms with van der Waals surface area (Å²) in [5.41, 5.74) is 0.714. The van der Waals surface area contributed by atoms with Crippen LogP contribution in [0.5, 0.6) is 0 Å². The molecule has 8 heteroatoms. The molecule has 1 saturated carbocycles. The first-order chi connectivity index (χ1) is 13.3. The molecule has 1 aromatic rings. The minimum atomic E-state index is -0.0196. The van der Waals surface area contributed by atoms with Crippen molar-refractivity contribution in [2.24, 2.45) is 0 Å². The number of carbonyl (C=O) groups excluding carboxylic acids is 1. The molecule has 2 saturated heterocycles. The van der Waals surface area contributed by atoms with Crippen molar-refractivity contribution in [1.82, 2.24) is 25.3 Å². The molecular formula is C20H34ClN5OS. The topological polar surface area (TPSA) is 62.2 Å². The molecule has 0 bridgehead atoms. The number of amides is 1. The summed E-state index contributed by atoms with van der Waals surface area (Å²) in [4.78, 5) is 15.4. The lowest BCUT2D eigenvalue weighted by molar-refractivity contribution is 0.0547. The van der Waals surface area contributed by atoms with Gasteiger partial charge in [0.25, 0.3) is 5.91 Å². The van der Waals surface area contributed by atoms with Gasteiger partial charge in [-0.15, -0.1) is 12.4 Å². The molecule has 1 aromatic heterocycles. The Hall–Kier alpha value is -0.760. The summed E-state index contributed by atoms with van der Waals surface area (Å²) < 4.78 is 1.97. The Balaban J connectivity index is 0.00000225. The van der Waals surface area contributed by atoms with Crippen LogP contribution in [0.3, 0.4) is 0 Å². The van der Waals surface area contributed by atoms with E-state index < -0.39 is 0 Å². The van der Waals surface area contributed by atoms with Gasteiger partial charge in [0.05, 0.1) is 6.04 Å². The first-order valence-corrected chi connectivity index (χ1v) is 11.8. The lowest BCUT2D eigenvalue weighted by Gasteiger charge is -2.48. The van der Waals surface area contributed by atoms with Crippen molar-refractivity contribution < 1.29 is 4.79 Å². The smallest absolute Gasteiger partial charge is 0.271 e. The van der Waals surface area contributed by atoms with Gasteiger partial charge in [-0.2, -0.15) is 16.9 Å². The molecule has 0 radical (unpaired) electrons. The third-order valence-corrected chi connectivity index (χ3v) is 7.47. The van der Waals surface area contributed by atoms with E-state index in [2.05, 4.69) is 32.4 Å². The number of rotatable bonds is 5. The molecule has 0 spiro atoms. The normalized spacial score (nSPS) is 25.6. The van der Waals surface area contributed by atoms with Crippen LogP contribution in [0, 0.1) is 0 Å². The maximum absolute atomic E-state index is 12.8. The van der Waals surface area contributed by atoms with Crippen molar-refractivity contribution in [2.45, 2.75) is 56.5 Å². The van der Waals surface area contributed by atoms with Crippen LogP contribution >= 0.6 is 24.2 Å². The molecule has 6 nitrogen and oxygen atoms in total. The average molecular weight is 428 g/mol. The Labute approximate surface area is 179 Å². The molecule has 4 rings (SSSR count). The van der Waals surface area contributed by atoms with Crippen molar-refractivity contribution in [2.75, 3.05) is 44.2 Å². The van der Waals surface area contributed by atoms with Gasteiger partial charge < -0.3 is 10.6 Å². The summed E-state index contributed by atoms with van der Waals surface area (Å²) >= 11 is 2.05. The zero-order valence-corrected chi connectivity index (χ0v) is 18.3. The van der Waals surface area contributed by atoms with Crippen molar-refractivity contribution in [3.8, 4) is 0 Å². The third kappa shape index (κ3) is 5.04. The first kappa shape index (κ1) is 21.9. The van der Waals surface area contributed by atoms with Crippen molar-refractivity contribution >= 4 is 30.1 Å². The number of piperidine rings is 1. The predicted octanol–water partition coefficient (Wildman–Crippen LogP) is 2.71. The van der Waals surface area contributed by atoms with Gasteiger partial charge in [-0.05, 0) is 38.3 Å². The Bertz CT molecular complexity index is 622. The first-order valence-electron chi connectivity index (χ1n) is 10.6. The van der Waals surface area contributed by atoms with Gasteiger partial charge >= 0.3 is 0 Å². The van der Waals surface area contributed by atoms with Gasteiger partial charge in [0.2, 0.25) is 0 Å². The van der Waals surface area contributed by atoms with E-state index in [-0.39, 0.29) is 23.9 Å². The van der Waals surface area contributed by atoms with Gasteiger partial charge in [-0.3, -0.25) is 14.4 Å². The highest BCUT2D eigenvalue weighted by Crippen LogP contribution is 2.34. The highest BCUT2D eigenvalue weighted by molar-refractivity contribution is 7.99. The second-order valence-corrected chi connectivity index (χ2v) is 9.47. The molecule has 1 aliphatic carbocycles. The molecule has 2 N–H and O–H groups in total. The lowest BCUT2D eigenvalue weighted by atomic mass is 9.80. The number of aromatic nitrogens is 2. The van der Waals surface area contributed by atoms with E-state index in [1.807, 2.05) is 16.9 Å². The molecule has 1 amide bonds. The van der Waals surface area contributed by atoms with Crippen LogP contribution in [0.1, 0.15) is 61.5 Å². The number of nitrogens with zero attached hydrogens (tertiary/aromatic N) is 3. The minimum absolute atomic E-state index is 0. The summed E-state index contributed by atoms with van der Waals surface area (Å²) in [5.74, 6) is 2.42. The van der Waals surface area contributed by atoms with Crippen LogP contribution < -0.4 is 10.6 Å². The average Bonchev–Trinajstić information content (AvgIpc) is 3.24. The van der Waals surface area contributed by atoms with E-state index >= 15 is 0 Å². The van der Waals surface area contributed by atoms with Gasteiger partial charge in [0.15, 0.2) is 0 Å². The maximum atomic E-state index is 12.8. The third-order valence-electron chi connectivity index (χ3n) is 6.53. The SMILES string of the molecule is Cl.O=C(NCC1(N2CCSCC2)CCCCC1)c1ccn(C2CCCNC2)n1.